The number of rotatable bonds is 3. The van der Waals surface area contributed by atoms with Crippen LogP contribution in [0.1, 0.15) is 10.5 Å². The van der Waals surface area contributed by atoms with Crippen molar-refractivity contribution in [3.8, 4) is 5.75 Å². The van der Waals surface area contributed by atoms with Gasteiger partial charge in [-0.3, -0.25) is 15.1 Å². The number of anilines is 1. The zero-order valence-corrected chi connectivity index (χ0v) is 12.0. The lowest BCUT2D eigenvalue weighted by atomic mass is 10.3. The van der Waals surface area contributed by atoms with Gasteiger partial charge in [0, 0.05) is 18.5 Å². The summed E-state index contributed by atoms with van der Waals surface area (Å²) >= 11 is 1.02. The van der Waals surface area contributed by atoms with E-state index in [9.17, 15) is 18.0 Å². The van der Waals surface area contributed by atoms with Crippen molar-refractivity contribution in [3.05, 3.63) is 42.5 Å². The van der Waals surface area contributed by atoms with E-state index in [1.54, 1.807) is 0 Å². The molecular weight excluding hydrogens is 333 g/mol. The van der Waals surface area contributed by atoms with Crippen LogP contribution in [-0.2, 0) is 0 Å². The maximum Gasteiger partial charge on any atom is 0.573 e. The van der Waals surface area contributed by atoms with Gasteiger partial charge >= 0.3 is 6.36 Å². The molecule has 0 radical (unpaired) electrons. The number of ether oxygens (including phenoxy) is 1. The molecule has 3 aromatic rings. The van der Waals surface area contributed by atoms with E-state index in [2.05, 4.69) is 25.0 Å². The van der Waals surface area contributed by atoms with Crippen LogP contribution in [0.5, 0.6) is 5.75 Å². The molecule has 3 rings (SSSR count). The summed E-state index contributed by atoms with van der Waals surface area (Å²) in [4.78, 5) is 23.7. The molecule has 2 aromatic heterocycles. The van der Waals surface area contributed by atoms with Gasteiger partial charge < -0.3 is 4.74 Å². The third kappa shape index (κ3) is 3.72. The maximum atomic E-state index is 12.2. The number of nitrogens with zero attached hydrogens (tertiary/aromatic N) is 3. The van der Waals surface area contributed by atoms with Crippen LogP contribution in [0.4, 0.5) is 18.3 Å². The number of thiazole rings is 1. The predicted octanol–water partition coefficient (Wildman–Crippen LogP) is 3.24. The van der Waals surface area contributed by atoms with E-state index in [0.717, 1.165) is 17.4 Å². The Kier molecular flexibility index (Phi) is 3.82. The molecule has 2 heterocycles. The third-order valence-corrected chi connectivity index (χ3v) is 3.54. The Labute approximate surface area is 131 Å². The largest absolute Gasteiger partial charge is 0.573 e. The Bertz CT molecular complexity index is 851. The number of benzene rings is 1. The first-order valence-corrected chi connectivity index (χ1v) is 6.96. The minimum absolute atomic E-state index is 0.104. The van der Waals surface area contributed by atoms with Crippen LogP contribution in [0.2, 0.25) is 0 Å². The van der Waals surface area contributed by atoms with E-state index < -0.39 is 12.3 Å². The topological polar surface area (TPSA) is 77.0 Å². The van der Waals surface area contributed by atoms with Gasteiger partial charge in [-0.2, -0.15) is 0 Å². The van der Waals surface area contributed by atoms with E-state index in [1.165, 1.54) is 30.7 Å². The van der Waals surface area contributed by atoms with Crippen molar-refractivity contribution in [1.82, 2.24) is 15.0 Å². The van der Waals surface area contributed by atoms with Crippen molar-refractivity contribution in [1.29, 1.82) is 0 Å². The smallest absolute Gasteiger partial charge is 0.406 e. The lowest BCUT2D eigenvalue weighted by molar-refractivity contribution is -0.274. The minimum Gasteiger partial charge on any atom is -0.406 e. The molecule has 0 fully saturated rings. The summed E-state index contributed by atoms with van der Waals surface area (Å²) < 4.78 is 40.9. The first-order chi connectivity index (χ1) is 10.9. The average molecular weight is 340 g/mol. The van der Waals surface area contributed by atoms with Gasteiger partial charge in [0.15, 0.2) is 5.13 Å². The predicted molar refractivity (Wildman–Crippen MR) is 76.3 cm³/mol. The van der Waals surface area contributed by atoms with Crippen molar-refractivity contribution in [3.63, 3.8) is 0 Å². The standard InChI is InChI=1S/C13H7F3N4O2S/c14-13(15,16)22-7-1-2-8-10(5-7)23-12(19-8)20-11(21)9-6-17-3-4-18-9/h1-6H,(H,19,20,21). The highest BCUT2D eigenvalue weighted by molar-refractivity contribution is 7.22. The van der Waals surface area contributed by atoms with Crippen LogP contribution in [0.15, 0.2) is 36.8 Å². The molecular formula is C13H7F3N4O2S. The van der Waals surface area contributed by atoms with Crippen LogP contribution in [-0.4, -0.2) is 27.2 Å². The molecule has 0 aliphatic heterocycles. The molecule has 0 bridgehead atoms. The van der Waals surface area contributed by atoms with Crippen molar-refractivity contribution in [2.75, 3.05) is 5.32 Å². The summed E-state index contributed by atoms with van der Waals surface area (Å²) in [6, 6.07) is 3.74. The van der Waals surface area contributed by atoms with Gasteiger partial charge in [0.2, 0.25) is 0 Å². The van der Waals surface area contributed by atoms with Crippen molar-refractivity contribution in [2.24, 2.45) is 0 Å². The molecule has 0 aliphatic carbocycles. The fourth-order valence-corrected chi connectivity index (χ4v) is 2.62. The van der Waals surface area contributed by atoms with E-state index in [4.69, 9.17) is 0 Å². The fraction of sp³-hybridized carbons (Fsp3) is 0.0769. The molecule has 10 heteroatoms. The Hall–Kier alpha value is -2.75. The highest BCUT2D eigenvalue weighted by Crippen LogP contribution is 2.31. The average Bonchev–Trinajstić information content (AvgIpc) is 2.88. The van der Waals surface area contributed by atoms with Crippen LogP contribution in [0, 0.1) is 0 Å². The SMILES string of the molecule is O=C(Nc1nc2ccc(OC(F)(F)F)cc2s1)c1cnccn1. The number of hydrogen-bond acceptors (Lipinski definition) is 6. The van der Waals surface area contributed by atoms with Gasteiger partial charge in [-0.05, 0) is 12.1 Å². The number of halogens is 3. The normalized spacial score (nSPS) is 11.4. The van der Waals surface area contributed by atoms with E-state index in [1.807, 2.05) is 0 Å². The monoisotopic (exact) mass is 340 g/mol. The summed E-state index contributed by atoms with van der Waals surface area (Å²) in [5.41, 5.74) is 0.548. The summed E-state index contributed by atoms with van der Waals surface area (Å²) in [6.45, 7) is 0. The molecule has 6 nitrogen and oxygen atoms in total. The molecule has 23 heavy (non-hydrogen) atoms. The highest BCUT2D eigenvalue weighted by Gasteiger charge is 2.31. The van der Waals surface area contributed by atoms with Gasteiger partial charge in [-0.15, -0.1) is 13.2 Å². The second-order valence-electron chi connectivity index (χ2n) is 4.24. The number of amides is 1. The lowest BCUT2D eigenvalue weighted by Crippen LogP contribution is -2.16. The van der Waals surface area contributed by atoms with Gasteiger partial charge in [0.05, 0.1) is 16.4 Å². The summed E-state index contributed by atoms with van der Waals surface area (Å²) in [7, 11) is 0. The Morgan fingerprint density at radius 3 is 2.78 bits per heavy atom. The summed E-state index contributed by atoms with van der Waals surface area (Å²) in [6.07, 6.45) is -0.677. The number of carbonyl (C=O) groups excluding carboxylic acids is 1. The molecule has 0 spiro atoms. The van der Waals surface area contributed by atoms with Crippen molar-refractivity contribution in [2.45, 2.75) is 6.36 Å². The molecule has 0 saturated heterocycles. The molecule has 0 unspecified atom stereocenters. The zero-order valence-electron chi connectivity index (χ0n) is 11.2. The second-order valence-corrected chi connectivity index (χ2v) is 5.27. The van der Waals surface area contributed by atoms with E-state index in [0.29, 0.717) is 10.2 Å². The number of alkyl halides is 3. The Balaban J connectivity index is 1.81. The maximum absolute atomic E-state index is 12.2. The first-order valence-electron chi connectivity index (χ1n) is 6.14. The summed E-state index contributed by atoms with van der Waals surface area (Å²) in [5, 5.41) is 2.75. The Morgan fingerprint density at radius 1 is 1.26 bits per heavy atom. The van der Waals surface area contributed by atoms with Crippen LogP contribution in [0.3, 0.4) is 0 Å². The summed E-state index contributed by atoms with van der Waals surface area (Å²) in [5.74, 6) is -0.857. The quantitative estimate of drug-likeness (QED) is 0.792. The van der Waals surface area contributed by atoms with Gasteiger partial charge in [0.25, 0.3) is 5.91 Å². The van der Waals surface area contributed by atoms with E-state index in [-0.39, 0.29) is 16.6 Å². The minimum atomic E-state index is -4.76. The molecule has 1 amide bonds. The molecule has 1 N–H and O–H groups in total. The van der Waals surface area contributed by atoms with Gasteiger partial charge in [-0.25, -0.2) is 9.97 Å². The number of fused-ring (bicyclic) bond motifs is 1. The van der Waals surface area contributed by atoms with Crippen LogP contribution < -0.4 is 10.1 Å². The van der Waals surface area contributed by atoms with Crippen LogP contribution >= 0.6 is 11.3 Å². The molecule has 0 saturated carbocycles. The number of nitrogens with one attached hydrogen (secondary N) is 1. The van der Waals surface area contributed by atoms with Crippen molar-refractivity contribution >= 4 is 32.6 Å². The fourth-order valence-electron chi connectivity index (χ4n) is 1.73. The molecule has 0 aliphatic rings. The number of carbonyl (C=O) groups is 1. The van der Waals surface area contributed by atoms with Gasteiger partial charge in [0.1, 0.15) is 11.4 Å². The highest BCUT2D eigenvalue weighted by atomic mass is 32.1. The second kappa shape index (κ2) is 5.80. The van der Waals surface area contributed by atoms with Crippen molar-refractivity contribution < 1.29 is 22.7 Å². The van der Waals surface area contributed by atoms with E-state index >= 15 is 0 Å². The zero-order chi connectivity index (χ0) is 16.4. The molecule has 1 aromatic carbocycles. The lowest BCUT2D eigenvalue weighted by Gasteiger charge is -2.07. The molecule has 0 atom stereocenters. The molecule has 118 valence electrons. The first kappa shape index (κ1) is 15.2. The Morgan fingerprint density at radius 2 is 2.09 bits per heavy atom. The number of aromatic nitrogens is 3. The third-order valence-electron chi connectivity index (χ3n) is 2.61. The number of hydrogen-bond donors (Lipinski definition) is 1. The van der Waals surface area contributed by atoms with Crippen LogP contribution in [0.25, 0.3) is 10.2 Å². The van der Waals surface area contributed by atoms with Gasteiger partial charge in [-0.1, -0.05) is 11.3 Å².